The van der Waals surface area contributed by atoms with Crippen molar-refractivity contribution in [2.24, 2.45) is 0 Å². The molecule has 1 aliphatic rings. The van der Waals surface area contributed by atoms with Crippen LogP contribution in [0.3, 0.4) is 0 Å². The fourth-order valence-corrected chi connectivity index (χ4v) is 3.63. The number of nitrogens with zero attached hydrogens (tertiary/aromatic N) is 3. The molecule has 1 saturated heterocycles. The number of carboxylic acid groups (broad SMARTS) is 1. The second-order valence-electron chi connectivity index (χ2n) is 4.98. The van der Waals surface area contributed by atoms with Gasteiger partial charge in [0.15, 0.2) is 0 Å². The van der Waals surface area contributed by atoms with Gasteiger partial charge < -0.3 is 15.1 Å². The van der Waals surface area contributed by atoms with Crippen LogP contribution in [0.1, 0.15) is 28.1 Å². The molecule has 1 unspecified atom stereocenters. The molecule has 20 heavy (non-hydrogen) atoms. The van der Waals surface area contributed by atoms with Crippen molar-refractivity contribution in [1.29, 1.82) is 0 Å². The van der Waals surface area contributed by atoms with E-state index in [0.717, 1.165) is 30.6 Å². The van der Waals surface area contributed by atoms with Crippen molar-refractivity contribution in [3.8, 4) is 0 Å². The maximum absolute atomic E-state index is 11.2. The molecule has 0 saturated carbocycles. The first kappa shape index (κ1) is 13.3. The average Bonchev–Trinajstić information content (AvgIpc) is 2.76. The number of β-amino-alcohol motifs (C(OH)–C–C–N with tert-alkyl or cyclic N) is 1. The quantitative estimate of drug-likeness (QED) is 0.875. The molecule has 2 aromatic heterocycles. The molecule has 0 radical (unpaired) electrons. The molecule has 6 nitrogen and oxygen atoms in total. The van der Waals surface area contributed by atoms with Gasteiger partial charge in [-0.05, 0) is 25.3 Å². The number of piperidine rings is 1. The number of aromatic nitrogens is 2. The van der Waals surface area contributed by atoms with Gasteiger partial charge in [-0.15, -0.1) is 11.3 Å². The van der Waals surface area contributed by atoms with E-state index in [9.17, 15) is 15.0 Å². The highest BCUT2D eigenvalue weighted by molar-refractivity contribution is 7.20. The predicted octanol–water partition coefficient (Wildman–Crippen LogP) is 1.66. The molecule has 106 valence electrons. The Morgan fingerprint density at radius 1 is 1.50 bits per heavy atom. The number of fused-ring (bicyclic) bond motifs is 1. The van der Waals surface area contributed by atoms with E-state index < -0.39 is 5.97 Å². The number of thiophene rings is 1. The fraction of sp³-hybridized carbons (Fsp3) is 0.462. The molecule has 0 bridgehead atoms. The molecule has 3 rings (SSSR count). The summed E-state index contributed by atoms with van der Waals surface area (Å²) < 4.78 is 0. The lowest BCUT2D eigenvalue weighted by molar-refractivity contribution is 0.0701. The fourth-order valence-electron chi connectivity index (χ4n) is 2.64. The second kappa shape index (κ2) is 4.99. The van der Waals surface area contributed by atoms with Crippen molar-refractivity contribution < 1.29 is 15.0 Å². The van der Waals surface area contributed by atoms with E-state index in [2.05, 4.69) is 9.97 Å². The number of aliphatic hydroxyl groups is 1. The minimum atomic E-state index is -0.935. The molecule has 7 heteroatoms. The minimum Gasteiger partial charge on any atom is -0.477 e. The number of carbonyl (C=O) groups is 1. The molecule has 2 N–H and O–H groups in total. The first-order chi connectivity index (χ1) is 9.58. The van der Waals surface area contributed by atoms with Gasteiger partial charge in [-0.1, -0.05) is 0 Å². The van der Waals surface area contributed by atoms with E-state index in [1.54, 1.807) is 6.92 Å². The molecule has 0 spiro atoms. The van der Waals surface area contributed by atoms with Gasteiger partial charge in [-0.25, -0.2) is 14.8 Å². The van der Waals surface area contributed by atoms with Gasteiger partial charge in [0.2, 0.25) is 0 Å². The van der Waals surface area contributed by atoms with E-state index in [4.69, 9.17) is 0 Å². The van der Waals surface area contributed by atoms with Crippen molar-refractivity contribution in [3.05, 3.63) is 16.8 Å². The van der Waals surface area contributed by atoms with Crippen LogP contribution in [-0.4, -0.2) is 45.3 Å². The predicted molar refractivity (Wildman–Crippen MR) is 76.6 cm³/mol. The lowest BCUT2D eigenvalue weighted by Gasteiger charge is -2.31. The number of anilines is 1. The van der Waals surface area contributed by atoms with Crippen LogP contribution < -0.4 is 4.90 Å². The average molecular weight is 293 g/mol. The first-order valence-electron chi connectivity index (χ1n) is 6.48. The summed E-state index contributed by atoms with van der Waals surface area (Å²) in [6.07, 6.45) is 2.81. The van der Waals surface area contributed by atoms with Gasteiger partial charge in [0.05, 0.1) is 11.5 Å². The Labute approximate surface area is 119 Å². The van der Waals surface area contributed by atoms with Crippen LogP contribution in [0.25, 0.3) is 10.2 Å². The molecule has 3 heterocycles. The molecule has 0 aromatic carbocycles. The van der Waals surface area contributed by atoms with Crippen LogP contribution in [-0.2, 0) is 0 Å². The smallest absolute Gasteiger partial charge is 0.346 e. The number of aliphatic hydroxyl groups excluding tert-OH is 1. The van der Waals surface area contributed by atoms with Gasteiger partial charge >= 0.3 is 5.97 Å². The third kappa shape index (κ3) is 2.12. The minimum absolute atomic E-state index is 0.305. The van der Waals surface area contributed by atoms with Crippen LogP contribution in [0.4, 0.5) is 5.82 Å². The summed E-state index contributed by atoms with van der Waals surface area (Å²) in [5.41, 5.74) is 0.702. The maximum Gasteiger partial charge on any atom is 0.346 e. The molecule has 1 fully saturated rings. The summed E-state index contributed by atoms with van der Waals surface area (Å²) in [5.74, 6) is -0.204. The molecule has 2 aromatic rings. The zero-order chi connectivity index (χ0) is 14.3. The van der Waals surface area contributed by atoms with Crippen LogP contribution in [0.15, 0.2) is 6.33 Å². The summed E-state index contributed by atoms with van der Waals surface area (Å²) in [5, 5.41) is 19.8. The molecule has 1 atom stereocenters. The third-order valence-electron chi connectivity index (χ3n) is 3.60. The summed E-state index contributed by atoms with van der Waals surface area (Å²) in [4.78, 5) is 22.7. The number of aromatic carboxylic acids is 1. The van der Waals surface area contributed by atoms with Crippen molar-refractivity contribution in [1.82, 2.24) is 9.97 Å². The first-order valence-corrected chi connectivity index (χ1v) is 7.30. The second-order valence-corrected chi connectivity index (χ2v) is 5.98. The standard InChI is InChI=1S/C13H15N3O3S/c1-7-9-11(16-4-2-3-8(17)5-16)14-6-15-12(9)20-10(7)13(18)19/h6,8,17H,2-5H2,1H3,(H,18,19). The normalized spacial score (nSPS) is 19.5. The Morgan fingerprint density at radius 3 is 3.00 bits per heavy atom. The third-order valence-corrected chi connectivity index (χ3v) is 4.78. The molecule has 0 aliphatic carbocycles. The van der Waals surface area contributed by atoms with Crippen LogP contribution >= 0.6 is 11.3 Å². The maximum atomic E-state index is 11.2. The van der Waals surface area contributed by atoms with E-state index in [1.807, 2.05) is 4.90 Å². The van der Waals surface area contributed by atoms with Crippen molar-refractivity contribution in [3.63, 3.8) is 0 Å². The number of hydrogen-bond donors (Lipinski definition) is 2. The highest BCUT2D eigenvalue weighted by Gasteiger charge is 2.24. The Hall–Kier alpha value is -1.73. The van der Waals surface area contributed by atoms with Gasteiger partial charge in [0, 0.05) is 13.1 Å². The summed E-state index contributed by atoms with van der Waals surface area (Å²) in [6, 6.07) is 0. The monoisotopic (exact) mass is 293 g/mol. The van der Waals surface area contributed by atoms with Gasteiger partial charge in [0.25, 0.3) is 0 Å². The number of rotatable bonds is 2. The van der Waals surface area contributed by atoms with E-state index in [-0.39, 0.29) is 6.10 Å². The van der Waals surface area contributed by atoms with E-state index >= 15 is 0 Å². The van der Waals surface area contributed by atoms with Crippen molar-refractivity contribution >= 4 is 33.3 Å². The van der Waals surface area contributed by atoms with Crippen LogP contribution in [0, 0.1) is 6.92 Å². The van der Waals surface area contributed by atoms with Crippen molar-refractivity contribution in [2.75, 3.05) is 18.0 Å². The Kier molecular flexibility index (Phi) is 3.31. The highest BCUT2D eigenvalue weighted by atomic mass is 32.1. The van der Waals surface area contributed by atoms with Gasteiger partial charge in [-0.3, -0.25) is 0 Å². The summed E-state index contributed by atoms with van der Waals surface area (Å²) in [6.45, 7) is 3.14. The Bertz CT molecular complexity index is 670. The summed E-state index contributed by atoms with van der Waals surface area (Å²) >= 11 is 1.17. The Balaban J connectivity index is 2.13. The molecular weight excluding hydrogens is 278 g/mol. The topological polar surface area (TPSA) is 86.5 Å². The molecule has 1 aliphatic heterocycles. The van der Waals surface area contributed by atoms with Gasteiger partial charge in [0.1, 0.15) is 21.9 Å². The van der Waals surface area contributed by atoms with Gasteiger partial charge in [-0.2, -0.15) is 0 Å². The Morgan fingerprint density at radius 2 is 2.30 bits per heavy atom. The number of aryl methyl sites for hydroxylation is 1. The van der Waals surface area contributed by atoms with E-state index in [1.165, 1.54) is 17.7 Å². The lowest BCUT2D eigenvalue weighted by atomic mass is 10.1. The number of hydrogen-bond acceptors (Lipinski definition) is 6. The largest absolute Gasteiger partial charge is 0.477 e. The van der Waals surface area contributed by atoms with Crippen LogP contribution in [0.2, 0.25) is 0 Å². The van der Waals surface area contributed by atoms with Crippen molar-refractivity contribution in [2.45, 2.75) is 25.9 Å². The molecular formula is C13H15N3O3S. The SMILES string of the molecule is Cc1c(C(=O)O)sc2ncnc(N3CCCC(O)C3)c12. The highest BCUT2D eigenvalue weighted by Crippen LogP contribution is 2.35. The molecule has 0 amide bonds. The lowest BCUT2D eigenvalue weighted by Crippen LogP contribution is -2.38. The summed E-state index contributed by atoms with van der Waals surface area (Å²) in [7, 11) is 0. The number of carboxylic acids is 1. The zero-order valence-electron chi connectivity index (χ0n) is 11.0. The van der Waals surface area contributed by atoms with E-state index in [0.29, 0.717) is 21.8 Å². The zero-order valence-corrected chi connectivity index (χ0v) is 11.9. The van der Waals surface area contributed by atoms with Crippen LogP contribution in [0.5, 0.6) is 0 Å².